The first kappa shape index (κ1) is 20.1. The van der Waals surface area contributed by atoms with Gasteiger partial charge in [0.25, 0.3) is 0 Å². The first-order valence-corrected chi connectivity index (χ1v) is 11.5. The van der Waals surface area contributed by atoms with Crippen molar-refractivity contribution in [3.63, 3.8) is 0 Å². The zero-order valence-electron chi connectivity index (χ0n) is 17.8. The molecule has 1 N–H and O–H groups in total. The maximum absolute atomic E-state index is 5.90. The molecule has 3 aromatic rings. The minimum absolute atomic E-state index is 0.0162. The Morgan fingerprint density at radius 1 is 1.00 bits per heavy atom. The second-order valence-electron chi connectivity index (χ2n) is 8.33. The van der Waals surface area contributed by atoms with Crippen molar-refractivity contribution >= 4 is 17.3 Å². The van der Waals surface area contributed by atoms with E-state index < -0.39 is 0 Å². The molecule has 31 heavy (non-hydrogen) atoms. The second-order valence-corrected chi connectivity index (χ2v) is 8.71. The molecule has 6 heteroatoms. The molecule has 0 bridgehead atoms. The van der Waals surface area contributed by atoms with Gasteiger partial charge in [0.2, 0.25) is 0 Å². The summed E-state index contributed by atoms with van der Waals surface area (Å²) in [6, 6.07) is 19.2. The van der Waals surface area contributed by atoms with E-state index in [0.717, 1.165) is 22.2 Å². The molecule has 5 nitrogen and oxygen atoms in total. The van der Waals surface area contributed by atoms with Crippen LogP contribution in [0.2, 0.25) is 0 Å². The van der Waals surface area contributed by atoms with Crippen LogP contribution in [0.15, 0.2) is 67.0 Å². The number of thiocarbonyl (C=S) groups is 1. The van der Waals surface area contributed by atoms with Gasteiger partial charge < -0.3 is 19.5 Å². The molecule has 1 saturated heterocycles. The Hall–Kier alpha value is -2.86. The van der Waals surface area contributed by atoms with E-state index in [2.05, 4.69) is 62.4 Å². The molecular formula is C25H28N4OS. The van der Waals surface area contributed by atoms with Crippen LogP contribution in [0.1, 0.15) is 55.6 Å². The average molecular weight is 433 g/mol. The van der Waals surface area contributed by atoms with Crippen LogP contribution in [-0.4, -0.2) is 32.7 Å². The fourth-order valence-corrected chi connectivity index (χ4v) is 5.44. The number of ether oxygens (including phenoxy) is 1. The monoisotopic (exact) mass is 432 g/mol. The third-order valence-electron chi connectivity index (χ3n) is 6.54. The summed E-state index contributed by atoms with van der Waals surface area (Å²) >= 11 is 5.90. The van der Waals surface area contributed by atoms with Crippen LogP contribution in [0, 0.1) is 0 Å². The van der Waals surface area contributed by atoms with Gasteiger partial charge in [-0.3, -0.25) is 4.98 Å². The maximum Gasteiger partial charge on any atom is 0.170 e. The van der Waals surface area contributed by atoms with Crippen molar-refractivity contribution in [2.75, 3.05) is 7.11 Å². The Kier molecular flexibility index (Phi) is 5.64. The summed E-state index contributed by atoms with van der Waals surface area (Å²) in [5.41, 5.74) is 3.36. The number of nitrogens with zero attached hydrogens (tertiary/aromatic N) is 3. The number of hydrogen-bond donors (Lipinski definition) is 1. The molecule has 1 aromatic carbocycles. The Labute approximate surface area is 189 Å². The molecule has 5 rings (SSSR count). The maximum atomic E-state index is 5.90. The lowest BCUT2D eigenvalue weighted by Crippen LogP contribution is -2.40. The standard InChI is InChI=1S/C25H28N4OS/c1-30-20-14-12-18(13-15-20)28-17-7-11-22(28)24-23(21-10-5-6-16-26-21)27-25(31)29(24)19-8-3-2-4-9-19/h5-7,10-17,19,23-24H,2-4,8-9H2,1H3,(H,27,31)/t23-,24+/m0/s1. The molecule has 0 unspecified atom stereocenters. The quantitative estimate of drug-likeness (QED) is 0.562. The molecule has 2 aromatic heterocycles. The number of aromatic nitrogens is 2. The van der Waals surface area contributed by atoms with Gasteiger partial charge in [0.1, 0.15) is 5.75 Å². The van der Waals surface area contributed by atoms with Gasteiger partial charge in [0.05, 0.1) is 24.9 Å². The first-order valence-electron chi connectivity index (χ1n) is 11.1. The van der Waals surface area contributed by atoms with E-state index in [4.69, 9.17) is 17.0 Å². The van der Waals surface area contributed by atoms with Crippen LogP contribution in [0.25, 0.3) is 5.69 Å². The van der Waals surface area contributed by atoms with E-state index in [-0.39, 0.29) is 12.1 Å². The normalized spacial score (nSPS) is 21.8. The Morgan fingerprint density at radius 3 is 2.52 bits per heavy atom. The Bertz CT molecular complexity index is 1030. The molecule has 3 heterocycles. The lowest BCUT2D eigenvalue weighted by atomic mass is 9.92. The van der Waals surface area contributed by atoms with Crippen LogP contribution in [0.5, 0.6) is 5.75 Å². The van der Waals surface area contributed by atoms with Gasteiger partial charge in [-0.15, -0.1) is 0 Å². The van der Waals surface area contributed by atoms with Gasteiger partial charge in [-0.25, -0.2) is 0 Å². The molecule has 2 fully saturated rings. The van der Waals surface area contributed by atoms with E-state index in [1.165, 1.54) is 37.8 Å². The average Bonchev–Trinajstić information content (AvgIpc) is 3.44. The zero-order chi connectivity index (χ0) is 21.2. The molecule has 0 amide bonds. The lowest BCUT2D eigenvalue weighted by Gasteiger charge is -2.37. The number of rotatable bonds is 5. The largest absolute Gasteiger partial charge is 0.497 e. The Balaban J connectivity index is 1.58. The molecule has 1 saturated carbocycles. The second kappa shape index (κ2) is 8.71. The molecule has 1 aliphatic carbocycles. The highest BCUT2D eigenvalue weighted by Gasteiger charge is 2.44. The SMILES string of the molecule is COc1ccc(-n2cccc2[C@@H]2[C@H](c3ccccn3)NC(=S)N2C2CCCCC2)cc1. The highest BCUT2D eigenvalue weighted by Crippen LogP contribution is 2.43. The van der Waals surface area contributed by atoms with E-state index in [0.29, 0.717) is 6.04 Å². The number of methoxy groups -OCH3 is 1. The van der Waals surface area contributed by atoms with E-state index >= 15 is 0 Å². The van der Waals surface area contributed by atoms with Crippen LogP contribution in [0.3, 0.4) is 0 Å². The van der Waals surface area contributed by atoms with Gasteiger partial charge in [-0.2, -0.15) is 0 Å². The summed E-state index contributed by atoms with van der Waals surface area (Å²) in [5, 5.41) is 4.46. The number of pyridine rings is 1. The summed E-state index contributed by atoms with van der Waals surface area (Å²) in [6.45, 7) is 0. The van der Waals surface area contributed by atoms with Crippen molar-refractivity contribution in [1.29, 1.82) is 0 Å². The molecule has 2 aliphatic rings. The topological polar surface area (TPSA) is 42.3 Å². The number of hydrogen-bond acceptors (Lipinski definition) is 3. The summed E-state index contributed by atoms with van der Waals surface area (Å²) in [7, 11) is 1.70. The minimum Gasteiger partial charge on any atom is -0.497 e. The van der Waals surface area contributed by atoms with Crippen LogP contribution in [0.4, 0.5) is 0 Å². The van der Waals surface area contributed by atoms with E-state index in [9.17, 15) is 0 Å². The molecule has 0 radical (unpaired) electrons. The van der Waals surface area contributed by atoms with Crippen molar-refractivity contribution in [3.05, 3.63) is 78.4 Å². The van der Waals surface area contributed by atoms with Gasteiger partial charge in [0, 0.05) is 29.8 Å². The van der Waals surface area contributed by atoms with E-state index in [1.807, 2.05) is 24.4 Å². The summed E-state index contributed by atoms with van der Waals surface area (Å²) in [6.07, 6.45) is 10.2. The third kappa shape index (κ3) is 3.81. The molecule has 1 aliphatic heterocycles. The lowest BCUT2D eigenvalue weighted by molar-refractivity contribution is 0.193. The number of benzene rings is 1. The van der Waals surface area contributed by atoms with Crippen LogP contribution < -0.4 is 10.1 Å². The predicted octanol–water partition coefficient (Wildman–Crippen LogP) is 5.19. The van der Waals surface area contributed by atoms with Gasteiger partial charge >= 0.3 is 0 Å². The summed E-state index contributed by atoms with van der Waals surface area (Å²) < 4.78 is 7.62. The molecule has 160 valence electrons. The number of nitrogens with one attached hydrogen (secondary N) is 1. The van der Waals surface area contributed by atoms with Crippen molar-refractivity contribution in [3.8, 4) is 11.4 Å². The summed E-state index contributed by atoms with van der Waals surface area (Å²) in [5.74, 6) is 0.858. The van der Waals surface area contributed by atoms with Crippen molar-refractivity contribution in [2.24, 2.45) is 0 Å². The van der Waals surface area contributed by atoms with E-state index in [1.54, 1.807) is 7.11 Å². The fourth-order valence-electron chi connectivity index (χ4n) is 5.05. The third-order valence-corrected chi connectivity index (χ3v) is 6.87. The van der Waals surface area contributed by atoms with Crippen LogP contribution in [-0.2, 0) is 0 Å². The zero-order valence-corrected chi connectivity index (χ0v) is 18.6. The fraction of sp³-hybridized carbons (Fsp3) is 0.360. The molecular weight excluding hydrogens is 404 g/mol. The predicted molar refractivity (Wildman–Crippen MR) is 126 cm³/mol. The van der Waals surface area contributed by atoms with Crippen molar-refractivity contribution in [1.82, 2.24) is 19.8 Å². The molecule has 2 atom stereocenters. The highest BCUT2D eigenvalue weighted by molar-refractivity contribution is 7.80. The highest BCUT2D eigenvalue weighted by atomic mass is 32.1. The Morgan fingerprint density at radius 2 is 1.81 bits per heavy atom. The first-order chi connectivity index (χ1) is 15.3. The van der Waals surface area contributed by atoms with Crippen molar-refractivity contribution < 1.29 is 4.74 Å². The summed E-state index contributed by atoms with van der Waals surface area (Å²) in [4.78, 5) is 7.15. The van der Waals surface area contributed by atoms with Crippen molar-refractivity contribution in [2.45, 2.75) is 50.2 Å². The minimum atomic E-state index is 0.0162. The van der Waals surface area contributed by atoms with Gasteiger partial charge in [-0.1, -0.05) is 25.3 Å². The van der Waals surface area contributed by atoms with Gasteiger partial charge in [0.15, 0.2) is 5.11 Å². The molecule has 0 spiro atoms. The van der Waals surface area contributed by atoms with Gasteiger partial charge in [-0.05, 0) is 73.6 Å². The van der Waals surface area contributed by atoms with Crippen LogP contribution >= 0.6 is 12.2 Å². The smallest absolute Gasteiger partial charge is 0.170 e.